The third-order valence-corrected chi connectivity index (χ3v) is 6.60. The van der Waals surface area contributed by atoms with Gasteiger partial charge in [0.05, 0.1) is 52.1 Å². The van der Waals surface area contributed by atoms with Gasteiger partial charge in [0, 0.05) is 17.5 Å². The maximum absolute atomic E-state index is 14.3. The summed E-state index contributed by atoms with van der Waals surface area (Å²) in [6.45, 7) is 1.68. The first kappa shape index (κ1) is 25.0. The van der Waals surface area contributed by atoms with E-state index in [9.17, 15) is 9.59 Å². The maximum Gasteiger partial charge on any atom is 0.201 e. The number of ether oxygens (including phenoxy) is 5. The van der Waals surface area contributed by atoms with Crippen molar-refractivity contribution in [3.63, 3.8) is 0 Å². The molecular weight excluding hydrogens is 488 g/mol. The largest absolute Gasteiger partial charge is 0.497 e. The second-order valence-corrected chi connectivity index (χ2v) is 8.68. The zero-order valence-corrected chi connectivity index (χ0v) is 21.9. The van der Waals surface area contributed by atoms with E-state index in [0.29, 0.717) is 39.3 Å². The number of aryl methyl sites for hydroxylation is 1. The van der Waals surface area contributed by atoms with Crippen LogP contribution in [0, 0.1) is 6.92 Å². The van der Waals surface area contributed by atoms with Gasteiger partial charge in [0.2, 0.25) is 5.78 Å². The molecule has 0 unspecified atom stereocenters. The number of carbonyl (C=O) groups is 1. The van der Waals surface area contributed by atoms with E-state index in [1.54, 1.807) is 38.3 Å². The van der Waals surface area contributed by atoms with Crippen molar-refractivity contribution in [1.82, 2.24) is 0 Å². The summed E-state index contributed by atoms with van der Waals surface area (Å²) in [6, 6.07) is 13.8. The molecule has 0 atom stereocenters. The maximum atomic E-state index is 14.3. The minimum atomic E-state index is -0.354. The van der Waals surface area contributed by atoms with Crippen molar-refractivity contribution in [3.05, 3.63) is 75.6 Å². The van der Waals surface area contributed by atoms with Gasteiger partial charge >= 0.3 is 0 Å². The molecule has 0 saturated carbocycles. The summed E-state index contributed by atoms with van der Waals surface area (Å²) in [5.41, 5.74) is 0.577. The van der Waals surface area contributed by atoms with Crippen LogP contribution >= 0.6 is 0 Å². The zero-order chi connectivity index (χ0) is 27.1. The predicted molar refractivity (Wildman–Crippen MR) is 145 cm³/mol. The van der Waals surface area contributed by atoms with Crippen LogP contribution in [0.2, 0.25) is 0 Å². The smallest absolute Gasteiger partial charge is 0.201 e. The number of ketones is 1. The van der Waals surface area contributed by atoms with Gasteiger partial charge in [0.25, 0.3) is 0 Å². The number of benzene rings is 4. The fourth-order valence-electron chi connectivity index (χ4n) is 4.87. The summed E-state index contributed by atoms with van der Waals surface area (Å²) < 4.78 is 33.9. The van der Waals surface area contributed by atoms with Gasteiger partial charge < -0.3 is 28.1 Å². The van der Waals surface area contributed by atoms with Gasteiger partial charge in [-0.25, -0.2) is 0 Å². The summed E-state index contributed by atoms with van der Waals surface area (Å²) in [6.07, 6.45) is 0. The summed E-state index contributed by atoms with van der Waals surface area (Å²) >= 11 is 0. The normalized spacial score (nSPS) is 11.1. The van der Waals surface area contributed by atoms with Gasteiger partial charge in [-0.05, 0) is 48.0 Å². The Morgan fingerprint density at radius 1 is 0.711 bits per heavy atom. The van der Waals surface area contributed by atoms with Crippen LogP contribution < -0.4 is 29.1 Å². The predicted octanol–water partition coefficient (Wildman–Crippen LogP) is 5.68. The summed E-state index contributed by atoms with van der Waals surface area (Å²) in [5, 5.41) is 2.83. The third kappa shape index (κ3) is 3.85. The zero-order valence-electron chi connectivity index (χ0n) is 21.9. The molecule has 0 amide bonds. The highest BCUT2D eigenvalue weighted by Gasteiger charge is 2.27. The number of fused-ring (bicyclic) bond motifs is 3. The van der Waals surface area contributed by atoms with E-state index in [1.807, 2.05) is 18.2 Å². The second kappa shape index (κ2) is 9.63. The Morgan fingerprint density at radius 3 is 2.11 bits per heavy atom. The lowest BCUT2D eigenvalue weighted by Crippen LogP contribution is -2.09. The Bertz CT molecular complexity index is 1800. The monoisotopic (exact) mass is 514 g/mol. The van der Waals surface area contributed by atoms with Gasteiger partial charge in [-0.1, -0.05) is 6.07 Å². The first-order valence-electron chi connectivity index (χ1n) is 11.8. The molecule has 0 aliphatic carbocycles. The lowest BCUT2D eigenvalue weighted by molar-refractivity contribution is 0.103. The standard InChI is InChI=1S/C30H26O8/c1-15-9-21(31)28-25(38-15)13-20-26(23(35-4)14-24(36-5)27(20)30(28)37-6)29(32)19-11-17-10-18(33-2)8-7-16(17)12-22(19)34-3/h7-14H,1-6H3. The van der Waals surface area contributed by atoms with Crippen molar-refractivity contribution >= 4 is 38.3 Å². The van der Waals surface area contributed by atoms with Crippen molar-refractivity contribution in [1.29, 1.82) is 0 Å². The van der Waals surface area contributed by atoms with Gasteiger partial charge in [0.1, 0.15) is 45.5 Å². The van der Waals surface area contributed by atoms with Crippen LogP contribution in [0.4, 0.5) is 0 Å². The van der Waals surface area contributed by atoms with Crippen molar-refractivity contribution in [2.45, 2.75) is 6.92 Å². The molecule has 0 bridgehead atoms. The molecule has 0 spiro atoms. The summed E-state index contributed by atoms with van der Waals surface area (Å²) in [7, 11) is 7.53. The Balaban J connectivity index is 1.91. The highest BCUT2D eigenvalue weighted by molar-refractivity contribution is 6.23. The average molecular weight is 515 g/mol. The molecule has 5 aromatic rings. The Hall–Kier alpha value is -4.72. The molecular formula is C30H26O8. The Labute approximate surface area is 218 Å². The van der Waals surface area contributed by atoms with Gasteiger partial charge in [0.15, 0.2) is 5.43 Å². The third-order valence-electron chi connectivity index (χ3n) is 6.60. The van der Waals surface area contributed by atoms with Crippen molar-refractivity contribution in [2.75, 3.05) is 35.5 Å². The van der Waals surface area contributed by atoms with Crippen molar-refractivity contribution < 1.29 is 32.9 Å². The van der Waals surface area contributed by atoms with Crippen LogP contribution in [0.3, 0.4) is 0 Å². The number of rotatable bonds is 7. The molecule has 0 aliphatic rings. The summed E-state index contributed by atoms with van der Waals surface area (Å²) in [5.74, 6) is 2.04. The SMILES string of the molecule is COc1ccc2cc(OC)c(C(=O)c3c(OC)cc(OC)c4c(OC)c5c(=O)cc(C)oc5cc34)cc2c1. The van der Waals surface area contributed by atoms with E-state index in [4.69, 9.17) is 28.1 Å². The fourth-order valence-corrected chi connectivity index (χ4v) is 4.87. The molecule has 1 aromatic heterocycles. The summed E-state index contributed by atoms with van der Waals surface area (Å²) in [4.78, 5) is 27.3. The highest BCUT2D eigenvalue weighted by Crippen LogP contribution is 2.45. The van der Waals surface area contributed by atoms with Gasteiger partial charge in [-0.2, -0.15) is 0 Å². The Morgan fingerprint density at radius 2 is 1.45 bits per heavy atom. The highest BCUT2D eigenvalue weighted by atomic mass is 16.5. The lowest BCUT2D eigenvalue weighted by atomic mass is 9.92. The van der Waals surface area contributed by atoms with E-state index in [1.165, 1.54) is 34.5 Å². The van der Waals surface area contributed by atoms with E-state index in [2.05, 4.69) is 0 Å². The van der Waals surface area contributed by atoms with Crippen LogP contribution in [0.15, 0.2) is 57.7 Å². The van der Waals surface area contributed by atoms with Crippen molar-refractivity contribution in [2.24, 2.45) is 0 Å². The quantitative estimate of drug-likeness (QED) is 0.202. The van der Waals surface area contributed by atoms with E-state index >= 15 is 0 Å². The van der Waals surface area contributed by atoms with Crippen molar-refractivity contribution in [3.8, 4) is 28.7 Å². The van der Waals surface area contributed by atoms with Crippen LogP contribution in [0.1, 0.15) is 21.7 Å². The number of carbonyl (C=O) groups excluding carboxylic acids is 1. The molecule has 8 heteroatoms. The second-order valence-electron chi connectivity index (χ2n) is 8.68. The van der Waals surface area contributed by atoms with Crippen LogP contribution in [0.25, 0.3) is 32.5 Å². The van der Waals surface area contributed by atoms with Gasteiger partial charge in [-0.15, -0.1) is 0 Å². The van der Waals surface area contributed by atoms with Gasteiger partial charge in [-0.3, -0.25) is 9.59 Å². The number of hydrogen-bond donors (Lipinski definition) is 0. The number of hydrogen-bond acceptors (Lipinski definition) is 8. The molecule has 4 aromatic carbocycles. The molecule has 5 rings (SSSR count). The molecule has 8 nitrogen and oxygen atoms in total. The number of methoxy groups -OCH3 is 5. The van der Waals surface area contributed by atoms with Crippen LogP contribution in [0.5, 0.6) is 28.7 Å². The fraction of sp³-hybridized carbons (Fsp3) is 0.200. The molecule has 38 heavy (non-hydrogen) atoms. The first-order valence-corrected chi connectivity index (χ1v) is 11.8. The minimum Gasteiger partial charge on any atom is -0.497 e. The molecule has 1 heterocycles. The molecule has 0 N–H and O–H groups in total. The molecule has 0 saturated heterocycles. The molecule has 0 aliphatic heterocycles. The molecule has 0 radical (unpaired) electrons. The Kier molecular flexibility index (Phi) is 6.32. The minimum absolute atomic E-state index is 0.244. The van der Waals surface area contributed by atoms with E-state index in [-0.39, 0.29) is 39.2 Å². The topological polar surface area (TPSA) is 93.4 Å². The first-order chi connectivity index (χ1) is 18.3. The molecule has 194 valence electrons. The van der Waals surface area contributed by atoms with Crippen LogP contribution in [-0.2, 0) is 0 Å². The molecule has 0 fully saturated rings. The van der Waals surface area contributed by atoms with Crippen LogP contribution in [-0.4, -0.2) is 41.3 Å². The lowest BCUT2D eigenvalue weighted by Gasteiger charge is -2.19. The van der Waals surface area contributed by atoms with E-state index in [0.717, 1.165) is 10.8 Å². The van der Waals surface area contributed by atoms with E-state index < -0.39 is 0 Å². The average Bonchev–Trinajstić information content (AvgIpc) is 2.93.